The van der Waals surface area contributed by atoms with Crippen molar-refractivity contribution < 1.29 is 9.59 Å². The maximum absolute atomic E-state index is 12.6. The molecule has 0 saturated carbocycles. The number of amides is 2. The van der Waals surface area contributed by atoms with Gasteiger partial charge in [0.15, 0.2) is 0 Å². The number of carbonyl (C=O) groups is 2. The summed E-state index contributed by atoms with van der Waals surface area (Å²) in [5.74, 6) is 0.518. The molecule has 2 aromatic rings. The zero-order chi connectivity index (χ0) is 18.0. The standard InChI is InChI=1S/C19H22N4O2/c1-12-16(10-17(20)24)13(2)22-18(21-12)15-8-9-23(11-15)19(25)14-6-4-3-5-7-14/h3-7,15H,8-11H2,1-2H3,(H2,20,24)/t15-/m1/s1. The molecule has 1 aliphatic heterocycles. The average Bonchev–Trinajstić information content (AvgIpc) is 3.08. The van der Waals surface area contributed by atoms with Crippen molar-refractivity contribution in [3.05, 3.63) is 58.7 Å². The second kappa shape index (κ2) is 7.01. The van der Waals surface area contributed by atoms with Crippen molar-refractivity contribution in [2.24, 2.45) is 5.73 Å². The Morgan fingerprint density at radius 2 is 1.80 bits per heavy atom. The van der Waals surface area contributed by atoms with E-state index < -0.39 is 0 Å². The van der Waals surface area contributed by atoms with Gasteiger partial charge in [-0.2, -0.15) is 0 Å². The van der Waals surface area contributed by atoms with E-state index in [1.165, 1.54) is 0 Å². The molecule has 1 aliphatic rings. The number of nitrogens with two attached hydrogens (primary N) is 1. The zero-order valence-corrected chi connectivity index (χ0v) is 14.5. The van der Waals surface area contributed by atoms with E-state index in [0.29, 0.717) is 18.7 Å². The number of nitrogens with zero attached hydrogens (tertiary/aromatic N) is 3. The molecule has 1 aromatic carbocycles. The summed E-state index contributed by atoms with van der Waals surface area (Å²) in [6.45, 7) is 5.06. The lowest BCUT2D eigenvalue weighted by molar-refractivity contribution is -0.117. The molecule has 0 bridgehead atoms. The summed E-state index contributed by atoms with van der Waals surface area (Å²) in [7, 11) is 0. The molecule has 6 heteroatoms. The van der Waals surface area contributed by atoms with Crippen molar-refractivity contribution in [3.63, 3.8) is 0 Å². The number of aryl methyl sites for hydroxylation is 2. The van der Waals surface area contributed by atoms with Crippen LogP contribution in [-0.2, 0) is 11.2 Å². The van der Waals surface area contributed by atoms with Crippen LogP contribution < -0.4 is 5.73 Å². The number of carbonyl (C=O) groups excluding carboxylic acids is 2. The first-order valence-corrected chi connectivity index (χ1v) is 8.42. The minimum Gasteiger partial charge on any atom is -0.369 e. The van der Waals surface area contributed by atoms with Crippen LogP contribution in [0.3, 0.4) is 0 Å². The van der Waals surface area contributed by atoms with E-state index in [2.05, 4.69) is 9.97 Å². The van der Waals surface area contributed by atoms with Crippen LogP contribution >= 0.6 is 0 Å². The molecular formula is C19H22N4O2. The highest BCUT2D eigenvalue weighted by Crippen LogP contribution is 2.27. The quantitative estimate of drug-likeness (QED) is 0.920. The Hall–Kier alpha value is -2.76. The molecule has 3 rings (SSSR count). The fraction of sp³-hybridized carbons (Fsp3) is 0.368. The van der Waals surface area contributed by atoms with Crippen LogP contribution in [-0.4, -0.2) is 39.8 Å². The Bertz CT molecular complexity index is 781. The van der Waals surface area contributed by atoms with Gasteiger partial charge in [0.05, 0.1) is 6.42 Å². The van der Waals surface area contributed by atoms with Gasteiger partial charge in [-0.3, -0.25) is 9.59 Å². The Balaban J connectivity index is 1.76. The minimum absolute atomic E-state index is 0.0434. The predicted molar refractivity (Wildman–Crippen MR) is 94.1 cm³/mol. The lowest BCUT2D eigenvalue weighted by Gasteiger charge is -2.17. The monoisotopic (exact) mass is 338 g/mol. The minimum atomic E-state index is -0.386. The third kappa shape index (κ3) is 3.68. The van der Waals surface area contributed by atoms with Crippen LogP contribution in [0.15, 0.2) is 30.3 Å². The van der Waals surface area contributed by atoms with Gasteiger partial charge in [0.2, 0.25) is 5.91 Å². The highest BCUT2D eigenvalue weighted by atomic mass is 16.2. The van der Waals surface area contributed by atoms with Crippen LogP contribution in [0.1, 0.15) is 45.5 Å². The third-order valence-electron chi connectivity index (χ3n) is 4.65. The van der Waals surface area contributed by atoms with Gasteiger partial charge in [-0.1, -0.05) is 18.2 Å². The predicted octanol–water partition coefficient (Wildman–Crippen LogP) is 1.75. The Labute approximate surface area is 147 Å². The highest BCUT2D eigenvalue weighted by Gasteiger charge is 2.30. The van der Waals surface area contributed by atoms with E-state index in [1.54, 1.807) is 0 Å². The van der Waals surface area contributed by atoms with Crippen molar-refractivity contribution in [1.82, 2.24) is 14.9 Å². The summed E-state index contributed by atoms with van der Waals surface area (Å²) in [4.78, 5) is 34.8. The van der Waals surface area contributed by atoms with Crippen molar-refractivity contribution in [3.8, 4) is 0 Å². The summed E-state index contributed by atoms with van der Waals surface area (Å²) >= 11 is 0. The first-order valence-electron chi connectivity index (χ1n) is 8.42. The topological polar surface area (TPSA) is 89.2 Å². The van der Waals surface area contributed by atoms with Gasteiger partial charge in [0, 0.05) is 41.5 Å². The molecule has 2 amide bonds. The van der Waals surface area contributed by atoms with E-state index in [4.69, 9.17) is 5.73 Å². The van der Waals surface area contributed by atoms with Crippen molar-refractivity contribution in [1.29, 1.82) is 0 Å². The van der Waals surface area contributed by atoms with E-state index in [9.17, 15) is 9.59 Å². The largest absolute Gasteiger partial charge is 0.369 e. The van der Waals surface area contributed by atoms with Gasteiger partial charge in [0.25, 0.3) is 5.91 Å². The summed E-state index contributed by atoms with van der Waals surface area (Å²) in [5.41, 5.74) is 8.36. The number of aromatic nitrogens is 2. The summed E-state index contributed by atoms with van der Waals surface area (Å²) in [5, 5.41) is 0. The number of benzene rings is 1. The summed E-state index contributed by atoms with van der Waals surface area (Å²) < 4.78 is 0. The molecule has 130 valence electrons. The number of rotatable bonds is 4. The van der Waals surface area contributed by atoms with Crippen molar-refractivity contribution in [2.75, 3.05) is 13.1 Å². The molecule has 0 unspecified atom stereocenters. The van der Waals surface area contributed by atoms with Crippen LogP contribution in [0.2, 0.25) is 0 Å². The Morgan fingerprint density at radius 1 is 1.16 bits per heavy atom. The fourth-order valence-corrected chi connectivity index (χ4v) is 3.30. The van der Waals surface area contributed by atoms with Crippen molar-refractivity contribution >= 4 is 11.8 Å². The molecule has 6 nitrogen and oxygen atoms in total. The van der Waals surface area contributed by atoms with Gasteiger partial charge in [-0.15, -0.1) is 0 Å². The zero-order valence-electron chi connectivity index (χ0n) is 14.5. The van der Waals surface area contributed by atoms with Gasteiger partial charge in [0.1, 0.15) is 5.82 Å². The molecule has 25 heavy (non-hydrogen) atoms. The van der Waals surface area contributed by atoms with Gasteiger partial charge < -0.3 is 10.6 Å². The molecule has 0 spiro atoms. The molecule has 1 fully saturated rings. The fourth-order valence-electron chi connectivity index (χ4n) is 3.30. The second-order valence-corrected chi connectivity index (χ2v) is 6.48. The number of hydrogen-bond donors (Lipinski definition) is 1. The molecule has 0 aliphatic carbocycles. The maximum atomic E-state index is 12.6. The number of likely N-dealkylation sites (tertiary alicyclic amines) is 1. The average molecular weight is 338 g/mol. The molecular weight excluding hydrogens is 316 g/mol. The van der Waals surface area contributed by atoms with Crippen LogP contribution in [0.25, 0.3) is 0 Å². The van der Waals surface area contributed by atoms with Gasteiger partial charge in [-0.25, -0.2) is 9.97 Å². The molecule has 2 N–H and O–H groups in total. The summed E-state index contributed by atoms with van der Waals surface area (Å²) in [6, 6.07) is 9.30. The van der Waals surface area contributed by atoms with Crippen molar-refractivity contribution in [2.45, 2.75) is 32.6 Å². The van der Waals surface area contributed by atoms with Gasteiger partial charge >= 0.3 is 0 Å². The van der Waals surface area contributed by atoms with Crippen LogP contribution in [0.5, 0.6) is 0 Å². The smallest absolute Gasteiger partial charge is 0.253 e. The number of hydrogen-bond acceptors (Lipinski definition) is 4. The first kappa shape index (κ1) is 17.1. The Morgan fingerprint density at radius 3 is 2.40 bits per heavy atom. The molecule has 2 heterocycles. The lowest BCUT2D eigenvalue weighted by atomic mass is 10.0. The van der Waals surface area contributed by atoms with E-state index >= 15 is 0 Å². The first-order chi connectivity index (χ1) is 12.0. The summed E-state index contributed by atoms with van der Waals surface area (Å²) in [6.07, 6.45) is 0.994. The molecule has 0 radical (unpaired) electrons. The van der Waals surface area contributed by atoms with E-state index in [0.717, 1.165) is 29.2 Å². The van der Waals surface area contributed by atoms with Gasteiger partial charge in [-0.05, 0) is 32.4 Å². The maximum Gasteiger partial charge on any atom is 0.253 e. The third-order valence-corrected chi connectivity index (χ3v) is 4.65. The number of primary amides is 1. The second-order valence-electron chi connectivity index (χ2n) is 6.48. The lowest BCUT2D eigenvalue weighted by Crippen LogP contribution is -2.28. The van der Waals surface area contributed by atoms with E-state index in [-0.39, 0.29) is 24.2 Å². The molecule has 1 saturated heterocycles. The Kier molecular flexibility index (Phi) is 4.79. The SMILES string of the molecule is Cc1nc([C@@H]2CCN(C(=O)c3ccccc3)C2)nc(C)c1CC(N)=O. The highest BCUT2D eigenvalue weighted by molar-refractivity contribution is 5.94. The normalized spacial score (nSPS) is 16.9. The van der Waals surface area contributed by atoms with Crippen LogP contribution in [0, 0.1) is 13.8 Å². The molecule has 1 aromatic heterocycles. The van der Waals surface area contributed by atoms with Crippen LogP contribution in [0.4, 0.5) is 0 Å². The van der Waals surface area contributed by atoms with E-state index in [1.807, 2.05) is 49.1 Å². The molecule has 1 atom stereocenters.